The minimum atomic E-state index is -0.343. The maximum absolute atomic E-state index is 10.1. The normalized spacial score (nSPS) is 9.11. The summed E-state index contributed by atoms with van der Waals surface area (Å²) in [6, 6.07) is 0. The third kappa shape index (κ3) is 7.72. The van der Waals surface area contributed by atoms with E-state index in [1.807, 2.05) is 0 Å². The van der Waals surface area contributed by atoms with Crippen LogP contribution in [0.15, 0.2) is 0 Å². The number of hydrogen-bond acceptors (Lipinski definition) is 3. The number of rotatable bonds is 4. The van der Waals surface area contributed by atoms with Crippen molar-refractivity contribution < 1.29 is 14.3 Å². The van der Waals surface area contributed by atoms with Crippen molar-refractivity contribution >= 4 is 17.6 Å². The molecule has 0 spiro atoms. The molecule has 9 heavy (non-hydrogen) atoms. The van der Waals surface area contributed by atoms with Gasteiger partial charge in [-0.3, -0.25) is 4.79 Å². The molecule has 0 radical (unpaired) electrons. The Morgan fingerprint density at radius 3 is 2.78 bits per heavy atom. The van der Waals surface area contributed by atoms with Gasteiger partial charge >= 0.3 is 5.97 Å². The van der Waals surface area contributed by atoms with Crippen LogP contribution in [0.5, 0.6) is 0 Å². The zero-order valence-electron chi connectivity index (χ0n) is 5.22. The van der Waals surface area contributed by atoms with Crippen LogP contribution in [0.25, 0.3) is 0 Å². The summed E-state index contributed by atoms with van der Waals surface area (Å²) in [6.07, 6.45) is 0. The van der Waals surface area contributed by atoms with E-state index in [4.69, 9.17) is 16.3 Å². The smallest absolute Gasteiger partial charge is 0.304 e. The Kier molecular flexibility index (Phi) is 5.67. The largest absolute Gasteiger partial charge is 0.439 e. The number of esters is 1. The lowest BCUT2D eigenvalue weighted by atomic mass is 10.8. The van der Waals surface area contributed by atoms with E-state index in [1.165, 1.54) is 6.92 Å². The first kappa shape index (κ1) is 8.72. The molecule has 0 aliphatic rings. The summed E-state index contributed by atoms with van der Waals surface area (Å²) in [4.78, 5) is 10.1. The average Bonchev–Trinajstić information content (AvgIpc) is 1.80. The van der Waals surface area contributed by atoms with Crippen molar-refractivity contribution in [2.45, 2.75) is 6.92 Å². The summed E-state index contributed by atoms with van der Waals surface area (Å²) in [5, 5.41) is 0. The molecular weight excluding hydrogens is 144 g/mol. The molecular formula is C5H9ClO3. The summed E-state index contributed by atoms with van der Waals surface area (Å²) in [5.41, 5.74) is 0. The third-order valence-electron chi connectivity index (χ3n) is 0.567. The first-order valence-electron chi connectivity index (χ1n) is 2.54. The molecule has 0 rings (SSSR count). The minimum absolute atomic E-state index is 0.00204. The van der Waals surface area contributed by atoms with E-state index in [9.17, 15) is 4.79 Å². The van der Waals surface area contributed by atoms with Gasteiger partial charge in [0.05, 0.1) is 6.61 Å². The van der Waals surface area contributed by atoms with Crippen molar-refractivity contribution in [2.24, 2.45) is 0 Å². The van der Waals surface area contributed by atoms with Gasteiger partial charge in [0, 0.05) is 12.8 Å². The van der Waals surface area contributed by atoms with Crippen LogP contribution in [0.3, 0.4) is 0 Å². The molecule has 0 fully saturated rings. The van der Waals surface area contributed by atoms with Crippen molar-refractivity contribution in [2.75, 3.05) is 19.3 Å². The van der Waals surface area contributed by atoms with Gasteiger partial charge in [-0.2, -0.15) is 0 Å². The highest BCUT2D eigenvalue weighted by molar-refractivity contribution is 6.17. The second-order valence-corrected chi connectivity index (χ2v) is 1.73. The molecule has 0 aliphatic heterocycles. The van der Waals surface area contributed by atoms with Crippen LogP contribution in [-0.4, -0.2) is 25.2 Å². The molecule has 0 N–H and O–H groups in total. The van der Waals surface area contributed by atoms with Gasteiger partial charge in [0.25, 0.3) is 0 Å². The second kappa shape index (κ2) is 5.85. The van der Waals surface area contributed by atoms with E-state index in [0.29, 0.717) is 12.5 Å². The molecule has 0 aromatic carbocycles. The lowest BCUT2D eigenvalue weighted by Gasteiger charge is -1.99. The summed E-state index contributed by atoms with van der Waals surface area (Å²) in [6.45, 7) is 1.74. The van der Waals surface area contributed by atoms with Crippen molar-refractivity contribution in [3.05, 3.63) is 0 Å². The van der Waals surface area contributed by atoms with Crippen molar-refractivity contribution in [1.82, 2.24) is 0 Å². The molecule has 3 nitrogen and oxygen atoms in total. The number of alkyl halides is 1. The van der Waals surface area contributed by atoms with Gasteiger partial charge in [0.15, 0.2) is 6.79 Å². The highest BCUT2D eigenvalue weighted by atomic mass is 35.5. The van der Waals surface area contributed by atoms with Crippen molar-refractivity contribution in [3.63, 3.8) is 0 Å². The van der Waals surface area contributed by atoms with Crippen LogP contribution < -0.4 is 0 Å². The number of carbonyl (C=O) groups excluding carboxylic acids is 1. The van der Waals surface area contributed by atoms with Gasteiger partial charge in [-0.1, -0.05) is 0 Å². The third-order valence-corrected chi connectivity index (χ3v) is 0.721. The molecule has 0 aliphatic carbocycles. The molecule has 0 aromatic heterocycles. The van der Waals surface area contributed by atoms with Gasteiger partial charge < -0.3 is 9.47 Å². The molecule has 0 unspecified atom stereocenters. The van der Waals surface area contributed by atoms with E-state index in [-0.39, 0.29) is 12.8 Å². The number of halogens is 1. The van der Waals surface area contributed by atoms with E-state index in [0.717, 1.165) is 0 Å². The van der Waals surface area contributed by atoms with Gasteiger partial charge in [-0.05, 0) is 0 Å². The monoisotopic (exact) mass is 152 g/mol. The van der Waals surface area contributed by atoms with E-state index in [2.05, 4.69) is 4.74 Å². The zero-order valence-corrected chi connectivity index (χ0v) is 5.98. The van der Waals surface area contributed by atoms with Gasteiger partial charge in [-0.25, -0.2) is 0 Å². The van der Waals surface area contributed by atoms with Crippen LogP contribution in [0.4, 0.5) is 0 Å². The minimum Gasteiger partial charge on any atom is -0.439 e. The molecule has 54 valence electrons. The second-order valence-electron chi connectivity index (χ2n) is 1.35. The number of ether oxygens (including phenoxy) is 2. The number of hydrogen-bond donors (Lipinski definition) is 0. The van der Waals surface area contributed by atoms with Crippen LogP contribution in [-0.2, 0) is 14.3 Å². The van der Waals surface area contributed by atoms with Crippen LogP contribution >= 0.6 is 11.6 Å². The number of carbonyl (C=O) groups is 1. The lowest BCUT2D eigenvalue weighted by Crippen LogP contribution is -2.05. The van der Waals surface area contributed by atoms with Crippen LogP contribution in [0, 0.1) is 0 Å². The molecule has 0 atom stereocenters. The average molecular weight is 153 g/mol. The van der Waals surface area contributed by atoms with E-state index >= 15 is 0 Å². The fraction of sp³-hybridized carbons (Fsp3) is 0.800. The molecule has 4 heteroatoms. The molecule has 0 heterocycles. The zero-order chi connectivity index (χ0) is 7.11. The Morgan fingerprint density at radius 1 is 1.67 bits per heavy atom. The predicted octanol–water partition coefficient (Wildman–Crippen LogP) is 0.762. The molecule has 0 saturated carbocycles. The predicted molar refractivity (Wildman–Crippen MR) is 33.3 cm³/mol. The fourth-order valence-electron chi connectivity index (χ4n) is 0.238. The Hall–Kier alpha value is -0.280. The Labute approximate surface area is 58.9 Å². The molecule has 0 aromatic rings. The maximum Gasteiger partial charge on any atom is 0.304 e. The van der Waals surface area contributed by atoms with Crippen molar-refractivity contribution in [1.29, 1.82) is 0 Å². The summed E-state index contributed by atoms with van der Waals surface area (Å²) < 4.78 is 9.14. The first-order chi connectivity index (χ1) is 4.27. The van der Waals surface area contributed by atoms with Crippen molar-refractivity contribution in [3.8, 4) is 0 Å². The Balaban J connectivity index is 2.83. The molecule has 0 bridgehead atoms. The summed E-state index contributed by atoms with van der Waals surface area (Å²) >= 11 is 5.25. The quantitative estimate of drug-likeness (QED) is 0.258. The summed E-state index contributed by atoms with van der Waals surface area (Å²) in [7, 11) is 0. The van der Waals surface area contributed by atoms with Gasteiger partial charge in [0.2, 0.25) is 0 Å². The molecule has 0 saturated heterocycles. The highest BCUT2D eigenvalue weighted by Crippen LogP contribution is 1.80. The standard InChI is InChI=1S/C5H9ClO3/c1-5(7)9-4-8-3-2-6/h2-4H2,1H3. The highest BCUT2D eigenvalue weighted by Gasteiger charge is 1.89. The molecule has 0 amide bonds. The Morgan fingerprint density at radius 2 is 2.33 bits per heavy atom. The Bertz CT molecular complexity index is 84.3. The van der Waals surface area contributed by atoms with Crippen LogP contribution in [0.1, 0.15) is 6.92 Å². The van der Waals surface area contributed by atoms with E-state index < -0.39 is 0 Å². The van der Waals surface area contributed by atoms with Crippen LogP contribution in [0.2, 0.25) is 0 Å². The topological polar surface area (TPSA) is 35.5 Å². The lowest BCUT2D eigenvalue weighted by molar-refractivity contribution is -0.152. The first-order valence-corrected chi connectivity index (χ1v) is 3.08. The van der Waals surface area contributed by atoms with E-state index in [1.54, 1.807) is 0 Å². The fourth-order valence-corrected chi connectivity index (χ4v) is 0.347. The summed E-state index contributed by atoms with van der Waals surface area (Å²) in [5.74, 6) is 0.0749. The maximum atomic E-state index is 10.1. The van der Waals surface area contributed by atoms with Gasteiger partial charge in [0.1, 0.15) is 0 Å². The SMILES string of the molecule is CC(=O)OCOCCCl. The van der Waals surface area contributed by atoms with Gasteiger partial charge in [-0.15, -0.1) is 11.6 Å².